The molecule has 0 aromatic carbocycles. The second kappa shape index (κ2) is 4.40. The molecule has 2 aliphatic rings. The molecule has 3 heterocycles. The van der Waals surface area contributed by atoms with E-state index in [0.717, 1.165) is 22.8 Å². The van der Waals surface area contributed by atoms with Gasteiger partial charge in [0.1, 0.15) is 0 Å². The predicted octanol–water partition coefficient (Wildman–Crippen LogP) is 0.641. The summed E-state index contributed by atoms with van der Waals surface area (Å²) >= 11 is 1.49. The largest absolute Gasteiger partial charge is 0.347 e. The zero-order valence-corrected chi connectivity index (χ0v) is 10.5. The average molecular weight is 251 g/mol. The van der Waals surface area contributed by atoms with Crippen molar-refractivity contribution in [1.82, 2.24) is 10.2 Å². The lowest BCUT2D eigenvalue weighted by Crippen LogP contribution is -2.42. The lowest BCUT2D eigenvalue weighted by molar-refractivity contribution is 0.0928. The molecule has 4 nitrogen and oxygen atoms in total. The Morgan fingerprint density at radius 3 is 3.00 bits per heavy atom. The van der Waals surface area contributed by atoms with Crippen LogP contribution in [-0.2, 0) is 6.54 Å². The summed E-state index contributed by atoms with van der Waals surface area (Å²) < 4.78 is 0. The van der Waals surface area contributed by atoms with Crippen LogP contribution in [0.15, 0.2) is 12.1 Å². The van der Waals surface area contributed by atoms with E-state index in [1.807, 2.05) is 12.1 Å². The van der Waals surface area contributed by atoms with Gasteiger partial charge in [0.05, 0.1) is 4.88 Å². The van der Waals surface area contributed by atoms with Crippen LogP contribution in [0, 0.1) is 5.92 Å². The number of nitrogens with one attached hydrogen (secondary N) is 1. The van der Waals surface area contributed by atoms with Crippen LogP contribution in [-0.4, -0.2) is 36.5 Å². The zero-order chi connectivity index (χ0) is 11.8. The highest BCUT2D eigenvalue weighted by atomic mass is 32.1. The summed E-state index contributed by atoms with van der Waals surface area (Å²) in [5.41, 5.74) is 5.55. The van der Waals surface area contributed by atoms with Gasteiger partial charge in [-0.2, -0.15) is 0 Å². The molecule has 3 N–H and O–H groups in total. The van der Waals surface area contributed by atoms with Gasteiger partial charge in [-0.1, -0.05) is 0 Å². The number of nitrogens with two attached hydrogens (primary N) is 1. The van der Waals surface area contributed by atoms with Gasteiger partial charge in [0, 0.05) is 30.6 Å². The molecule has 0 aliphatic carbocycles. The Kier molecular flexibility index (Phi) is 2.90. The smallest absolute Gasteiger partial charge is 0.261 e. The summed E-state index contributed by atoms with van der Waals surface area (Å²) in [5, 5.41) is 3.15. The molecule has 1 amide bonds. The highest BCUT2D eigenvalue weighted by Gasteiger charge is 2.38. The summed E-state index contributed by atoms with van der Waals surface area (Å²) in [6.07, 6.45) is 1.23. The van der Waals surface area contributed by atoms with E-state index in [-0.39, 0.29) is 5.91 Å². The van der Waals surface area contributed by atoms with Gasteiger partial charge in [0.25, 0.3) is 5.91 Å². The molecule has 2 bridgehead atoms. The Morgan fingerprint density at radius 1 is 1.53 bits per heavy atom. The van der Waals surface area contributed by atoms with Crippen molar-refractivity contribution in [2.24, 2.45) is 11.7 Å². The number of thiophene rings is 1. The second-order valence-electron chi connectivity index (χ2n) is 4.86. The van der Waals surface area contributed by atoms with Gasteiger partial charge in [0.2, 0.25) is 0 Å². The molecule has 1 aromatic heterocycles. The molecule has 1 aromatic rings. The van der Waals surface area contributed by atoms with Gasteiger partial charge >= 0.3 is 0 Å². The summed E-state index contributed by atoms with van der Waals surface area (Å²) in [7, 11) is 0. The van der Waals surface area contributed by atoms with Gasteiger partial charge in [0.15, 0.2) is 0 Å². The minimum atomic E-state index is 0.0634. The van der Waals surface area contributed by atoms with Crippen LogP contribution in [0.1, 0.15) is 21.0 Å². The Morgan fingerprint density at radius 2 is 2.41 bits per heavy atom. The number of amides is 1. The number of carbonyl (C=O) groups excluding carboxylic acids is 1. The molecule has 5 heteroatoms. The number of piperidine rings is 1. The molecule has 0 spiro atoms. The van der Waals surface area contributed by atoms with Crippen LogP contribution in [0.4, 0.5) is 0 Å². The van der Waals surface area contributed by atoms with Crippen LogP contribution in [0.25, 0.3) is 0 Å². The van der Waals surface area contributed by atoms with Crippen molar-refractivity contribution >= 4 is 17.2 Å². The number of hydrogen-bond acceptors (Lipinski definition) is 4. The third kappa shape index (κ3) is 2.10. The zero-order valence-electron chi connectivity index (χ0n) is 9.69. The molecule has 2 aliphatic heterocycles. The summed E-state index contributed by atoms with van der Waals surface area (Å²) in [4.78, 5) is 16.3. The predicted molar refractivity (Wildman–Crippen MR) is 68.0 cm³/mol. The van der Waals surface area contributed by atoms with E-state index < -0.39 is 0 Å². The lowest BCUT2D eigenvalue weighted by Gasteiger charge is -2.22. The van der Waals surface area contributed by atoms with Crippen molar-refractivity contribution in [1.29, 1.82) is 0 Å². The maximum absolute atomic E-state index is 12.0. The number of rotatable bonds is 3. The molecular weight excluding hydrogens is 234 g/mol. The molecule has 17 heavy (non-hydrogen) atoms. The highest BCUT2D eigenvalue weighted by Crippen LogP contribution is 2.28. The first-order chi connectivity index (χ1) is 8.26. The number of fused-ring (bicyclic) bond motifs is 2. The highest BCUT2D eigenvalue weighted by molar-refractivity contribution is 7.14. The molecule has 3 rings (SSSR count). The fourth-order valence-electron chi connectivity index (χ4n) is 2.80. The van der Waals surface area contributed by atoms with E-state index in [2.05, 4.69) is 10.2 Å². The van der Waals surface area contributed by atoms with Crippen LogP contribution < -0.4 is 11.1 Å². The van der Waals surface area contributed by atoms with Crippen LogP contribution in [0.3, 0.4) is 0 Å². The Hall–Kier alpha value is -0.910. The van der Waals surface area contributed by atoms with E-state index in [4.69, 9.17) is 5.73 Å². The Bertz CT molecular complexity index is 431. The SMILES string of the molecule is NCc1ccc(C(=O)NC2CN3CCC2C3)s1. The van der Waals surface area contributed by atoms with Crippen molar-refractivity contribution in [2.75, 3.05) is 19.6 Å². The van der Waals surface area contributed by atoms with Crippen LogP contribution in [0.5, 0.6) is 0 Å². The maximum atomic E-state index is 12.0. The molecule has 92 valence electrons. The Balaban J connectivity index is 1.63. The number of hydrogen-bond donors (Lipinski definition) is 2. The third-order valence-corrected chi connectivity index (χ3v) is 4.84. The minimum Gasteiger partial charge on any atom is -0.347 e. The van der Waals surface area contributed by atoms with Gasteiger partial charge in [-0.3, -0.25) is 4.79 Å². The van der Waals surface area contributed by atoms with Crippen LogP contribution >= 0.6 is 11.3 Å². The van der Waals surface area contributed by atoms with Crippen LogP contribution in [0.2, 0.25) is 0 Å². The molecule has 3 atom stereocenters. The van der Waals surface area contributed by atoms with Gasteiger partial charge < -0.3 is 16.0 Å². The van der Waals surface area contributed by atoms with Crippen molar-refractivity contribution in [3.05, 3.63) is 21.9 Å². The van der Waals surface area contributed by atoms with E-state index in [1.54, 1.807) is 0 Å². The normalized spacial score (nSPS) is 30.8. The quantitative estimate of drug-likeness (QED) is 0.829. The lowest BCUT2D eigenvalue weighted by atomic mass is 10.00. The molecule has 2 fully saturated rings. The molecule has 3 unspecified atom stereocenters. The van der Waals surface area contributed by atoms with E-state index in [0.29, 0.717) is 18.5 Å². The van der Waals surface area contributed by atoms with Crippen molar-refractivity contribution < 1.29 is 4.79 Å². The summed E-state index contributed by atoms with van der Waals surface area (Å²) in [6.45, 7) is 3.89. The first kappa shape index (κ1) is 11.2. The fraction of sp³-hybridized carbons (Fsp3) is 0.583. The first-order valence-electron chi connectivity index (χ1n) is 6.08. The monoisotopic (exact) mass is 251 g/mol. The molecular formula is C12H17N3OS. The van der Waals surface area contributed by atoms with Crippen molar-refractivity contribution in [2.45, 2.75) is 19.0 Å². The van der Waals surface area contributed by atoms with Crippen molar-refractivity contribution in [3.8, 4) is 0 Å². The summed E-state index contributed by atoms with van der Waals surface area (Å²) in [5.74, 6) is 0.723. The molecule has 0 radical (unpaired) electrons. The average Bonchev–Trinajstić information content (AvgIpc) is 3.04. The maximum Gasteiger partial charge on any atom is 0.261 e. The third-order valence-electron chi connectivity index (χ3n) is 3.74. The van der Waals surface area contributed by atoms with E-state index >= 15 is 0 Å². The minimum absolute atomic E-state index is 0.0634. The summed E-state index contributed by atoms with van der Waals surface area (Å²) in [6, 6.07) is 4.15. The topological polar surface area (TPSA) is 58.4 Å². The van der Waals surface area contributed by atoms with Gasteiger partial charge in [-0.15, -0.1) is 11.3 Å². The van der Waals surface area contributed by atoms with Gasteiger partial charge in [-0.25, -0.2) is 0 Å². The van der Waals surface area contributed by atoms with E-state index in [1.165, 1.54) is 24.3 Å². The van der Waals surface area contributed by atoms with Crippen molar-refractivity contribution in [3.63, 3.8) is 0 Å². The Labute approximate surface area is 105 Å². The second-order valence-corrected chi connectivity index (χ2v) is 6.03. The fourth-order valence-corrected chi connectivity index (χ4v) is 3.59. The molecule has 2 saturated heterocycles. The standard InChI is InChI=1S/C12H17N3OS/c13-5-9-1-2-11(17-9)12(16)14-10-7-15-4-3-8(10)6-15/h1-2,8,10H,3-7,13H2,(H,14,16). The first-order valence-corrected chi connectivity index (χ1v) is 6.90. The van der Waals surface area contributed by atoms with Gasteiger partial charge in [-0.05, 0) is 31.0 Å². The number of nitrogens with zero attached hydrogens (tertiary/aromatic N) is 1. The van der Waals surface area contributed by atoms with E-state index in [9.17, 15) is 4.79 Å². The number of carbonyl (C=O) groups is 1. The molecule has 0 saturated carbocycles.